The maximum Gasteiger partial charge on any atom is 0.319 e. The molecule has 0 bridgehead atoms. The highest BCUT2D eigenvalue weighted by Gasteiger charge is 2.24. The van der Waals surface area contributed by atoms with E-state index in [-0.39, 0.29) is 18.0 Å². The zero-order valence-corrected chi connectivity index (χ0v) is 17.1. The van der Waals surface area contributed by atoms with Gasteiger partial charge in [0.25, 0.3) is 0 Å². The lowest BCUT2D eigenvalue weighted by atomic mass is 9.98. The van der Waals surface area contributed by atoms with Crippen LogP contribution < -0.4 is 16.0 Å². The van der Waals surface area contributed by atoms with Gasteiger partial charge in [-0.2, -0.15) is 0 Å². The van der Waals surface area contributed by atoms with Crippen LogP contribution in [0.1, 0.15) is 18.5 Å². The second-order valence-electron chi connectivity index (χ2n) is 7.28. The summed E-state index contributed by atoms with van der Waals surface area (Å²) in [5.41, 5.74) is 1.22. The van der Waals surface area contributed by atoms with E-state index in [9.17, 15) is 14.0 Å². The second kappa shape index (κ2) is 9.12. The van der Waals surface area contributed by atoms with Gasteiger partial charge in [-0.05, 0) is 37.0 Å². The molecule has 1 fully saturated rings. The van der Waals surface area contributed by atoms with Crippen LogP contribution in [0.25, 0.3) is 4.96 Å². The van der Waals surface area contributed by atoms with Gasteiger partial charge in [0, 0.05) is 43.1 Å². The van der Waals surface area contributed by atoms with E-state index in [2.05, 4.69) is 20.9 Å². The topological polar surface area (TPSA) is 90.8 Å². The Hall–Kier alpha value is -3.14. The van der Waals surface area contributed by atoms with E-state index in [0.29, 0.717) is 31.9 Å². The number of nitrogens with zero attached hydrogens (tertiary/aromatic N) is 3. The monoisotopic (exact) mass is 430 g/mol. The molecule has 3 N–H and O–H groups in total. The largest absolute Gasteiger partial charge is 0.338 e. The lowest BCUT2D eigenvalue weighted by Crippen LogP contribution is -2.47. The number of likely N-dealkylation sites (tertiary alicyclic amines) is 1. The molecule has 2 aromatic heterocycles. The summed E-state index contributed by atoms with van der Waals surface area (Å²) in [6.45, 7) is 2.09. The van der Waals surface area contributed by atoms with Gasteiger partial charge in [0.2, 0.25) is 0 Å². The van der Waals surface area contributed by atoms with E-state index >= 15 is 0 Å². The first-order valence-corrected chi connectivity index (χ1v) is 10.7. The van der Waals surface area contributed by atoms with Crippen molar-refractivity contribution in [3.8, 4) is 0 Å². The summed E-state index contributed by atoms with van der Waals surface area (Å²) in [4.78, 5) is 31.7. The average molecular weight is 431 g/mol. The Labute approximate surface area is 177 Å². The highest BCUT2D eigenvalue weighted by molar-refractivity contribution is 7.15. The molecule has 1 aliphatic rings. The maximum absolute atomic E-state index is 13.2. The van der Waals surface area contributed by atoms with E-state index in [1.165, 1.54) is 18.2 Å². The number of hydrogen-bond acceptors (Lipinski definition) is 4. The number of imidazole rings is 1. The first-order valence-electron chi connectivity index (χ1n) is 9.81. The van der Waals surface area contributed by atoms with Crippen LogP contribution in [0.2, 0.25) is 0 Å². The van der Waals surface area contributed by atoms with E-state index in [0.717, 1.165) is 23.5 Å². The summed E-state index contributed by atoms with van der Waals surface area (Å²) in [5.74, 6) is -0.238. The van der Waals surface area contributed by atoms with Crippen molar-refractivity contribution in [2.45, 2.75) is 19.4 Å². The van der Waals surface area contributed by atoms with Crippen LogP contribution in [0, 0.1) is 11.7 Å². The Balaban J connectivity index is 1.21. The highest BCUT2D eigenvalue weighted by Crippen LogP contribution is 2.17. The zero-order chi connectivity index (χ0) is 20.9. The van der Waals surface area contributed by atoms with E-state index < -0.39 is 5.82 Å². The molecule has 1 unspecified atom stereocenters. The number of amides is 4. The standard InChI is InChI=1S/C20H23FN6O2S/c21-15-4-1-5-16(9-15)24-18(28)22-10-14-3-2-6-26(12-14)19(29)23-11-17-13-27-7-8-30-20(27)25-17/h1,4-5,7-9,13-14H,2-3,6,10-12H2,(H,23,29)(H2,22,24,28). The maximum atomic E-state index is 13.2. The van der Waals surface area contributed by atoms with E-state index in [4.69, 9.17) is 0 Å². The van der Waals surface area contributed by atoms with Gasteiger partial charge < -0.3 is 20.9 Å². The molecule has 3 heterocycles. The smallest absolute Gasteiger partial charge is 0.319 e. The van der Waals surface area contributed by atoms with Crippen molar-refractivity contribution in [2.75, 3.05) is 25.0 Å². The van der Waals surface area contributed by atoms with E-state index in [1.54, 1.807) is 22.3 Å². The number of urea groups is 2. The molecule has 1 atom stereocenters. The minimum Gasteiger partial charge on any atom is -0.338 e. The number of thiazole rings is 1. The van der Waals surface area contributed by atoms with Crippen molar-refractivity contribution >= 4 is 34.0 Å². The fraction of sp³-hybridized carbons (Fsp3) is 0.350. The Morgan fingerprint density at radius 3 is 3.03 bits per heavy atom. The van der Waals surface area contributed by atoms with Crippen molar-refractivity contribution in [3.05, 3.63) is 53.6 Å². The molecule has 158 valence electrons. The molecule has 0 aliphatic carbocycles. The molecule has 1 saturated heterocycles. The number of aromatic nitrogens is 2. The minimum atomic E-state index is -0.405. The van der Waals surface area contributed by atoms with Gasteiger partial charge in [-0.15, -0.1) is 11.3 Å². The van der Waals surface area contributed by atoms with Crippen molar-refractivity contribution in [1.82, 2.24) is 24.9 Å². The second-order valence-corrected chi connectivity index (χ2v) is 8.16. The summed E-state index contributed by atoms with van der Waals surface area (Å²) in [6, 6.07) is 5.23. The van der Waals surface area contributed by atoms with Crippen molar-refractivity contribution in [1.29, 1.82) is 0 Å². The molecule has 4 amide bonds. The van der Waals surface area contributed by atoms with Crippen LogP contribution in [0.5, 0.6) is 0 Å². The molecule has 30 heavy (non-hydrogen) atoms. The summed E-state index contributed by atoms with van der Waals surface area (Å²) >= 11 is 1.55. The van der Waals surface area contributed by atoms with Crippen molar-refractivity contribution < 1.29 is 14.0 Å². The van der Waals surface area contributed by atoms with Gasteiger partial charge in [-0.25, -0.2) is 19.0 Å². The molecule has 0 spiro atoms. The Bertz CT molecular complexity index is 1010. The van der Waals surface area contributed by atoms with Gasteiger partial charge in [-0.3, -0.25) is 4.40 Å². The fourth-order valence-corrected chi connectivity index (χ4v) is 4.25. The number of nitrogens with one attached hydrogen (secondary N) is 3. The lowest BCUT2D eigenvalue weighted by molar-refractivity contribution is 0.164. The molecule has 8 nitrogen and oxygen atoms in total. The number of halogens is 1. The normalized spacial score (nSPS) is 16.4. The lowest BCUT2D eigenvalue weighted by Gasteiger charge is -2.32. The van der Waals surface area contributed by atoms with E-state index in [1.807, 2.05) is 22.2 Å². The van der Waals surface area contributed by atoms with Crippen LogP contribution in [-0.4, -0.2) is 46.0 Å². The Kier molecular flexibility index (Phi) is 6.12. The number of piperidine rings is 1. The quantitative estimate of drug-likeness (QED) is 0.580. The first-order chi connectivity index (χ1) is 14.6. The summed E-state index contributed by atoms with van der Waals surface area (Å²) in [5, 5.41) is 10.3. The van der Waals surface area contributed by atoms with Gasteiger partial charge >= 0.3 is 12.1 Å². The third-order valence-electron chi connectivity index (χ3n) is 5.00. The highest BCUT2D eigenvalue weighted by atomic mass is 32.1. The number of carbonyl (C=O) groups excluding carboxylic acids is 2. The van der Waals surface area contributed by atoms with Crippen molar-refractivity contribution in [3.63, 3.8) is 0 Å². The molecule has 10 heteroatoms. The van der Waals surface area contributed by atoms with Gasteiger partial charge in [0.1, 0.15) is 5.82 Å². The van der Waals surface area contributed by atoms with Gasteiger partial charge in [0.15, 0.2) is 4.96 Å². The Morgan fingerprint density at radius 2 is 2.20 bits per heavy atom. The predicted molar refractivity (Wildman–Crippen MR) is 113 cm³/mol. The summed E-state index contributed by atoms with van der Waals surface area (Å²) in [6.07, 6.45) is 5.66. The third-order valence-corrected chi connectivity index (χ3v) is 5.77. The number of carbonyl (C=O) groups is 2. The molecule has 0 saturated carbocycles. The molecule has 1 aromatic carbocycles. The molecule has 4 rings (SSSR count). The molecule has 3 aromatic rings. The van der Waals surface area contributed by atoms with Crippen LogP contribution >= 0.6 is 11.3 Å². The number of hydrogen-bond donors (Lipinski definition) is 3. The number of rotatable bonds is 5. The van der Waals surface area contributed by atoms with Crippen LogP contribution in [0.3, 0.4) is 0 Å². The molecule has 0 radical (unpaired) electrons. The van der Waals surface area contributed by atoms with Crippen molar-refractivity contribution in [2.24, 2.45) is 5.92 Å². The van der Waals surface area contributed by atoms with Crippen LogP contribution in [0.4, 0.5) is 19.7 Å². The molecular formula is C20H23FN6O2S. The predicted octanol–water partition coefficient (Wildman–Crippen LogP) is 3.28. The Morgan fingerprint density at radius 1 is 1.30 bits per heavy atom. The SMILES string of the molecule is O=C(NCC1CCCN(C(=O)NCc2cn3ccsc3n2)C1)Nc1cccc(F)c1. The minimum absolute atomic E-state index is 0.125. The van der Waals surface area contributed by atoms with Crippen LogP contribution in [-0.2, 0) is 6.54 Å². The number of fused-ring (bicyclic) bond motifs is 1. The number of benzene rings is 1. The van der Waals surface area contributed by atoms with Crippen LogP contribution in [0.15, 0.2) is 42.0 Å². The summed E-state index contributed by atoms with van der Waals surface area (Å²) in [7, 11) is 0. The fourth-order valence-electron chi connectivity index (χ4n) is 3.53. The first kappa shape index (κ1) is 20.1. The van der Waals surface area contributed by atoms with Gasteiger partial charge in [-0.1, -0.05) is 6.07 Å². The summed E-state index contributed by atoms with van der Waals surface area (Å²) < 4.78 is 15.1. The number of anilines is 1. The average Bonchev–Trinajstić information content (AvgIpc) is 3.33. The third kappa shape index (κ3) is 5.07. The molecular weight excluding hydrogens is 407 g/mol. The molecule has 1 aliphatic heterocycles. The van der Waals surface area contributed by atoms with Gasteiger partial charge in [0.05, 0.1) is 12.2 Å². The zero-order valence-electron chi connectivity index (χ0n) is 16.3.